The molecule has 0 aliphatic heterocycles. The topological polar surface area (TPSA) is 64.6 Å². The van der Waals surface area contributed by atoms with Crippen LogP contribution in [0.25, 0.3) is 10.4 Å². The molecule has 0 fully saturated rings. The zero-order valence-electron chi connectivity index (χ0n) is 15.1. The van der Waals surface area contributed by atoms with Gasteiger partial charge in [-0.1, -0.05) is 24.3 Å². The fraction of sp³-hybridized carbons (Fsp3) is 0.143. The van der Waals surface area contributed by atoms with Gasteiger partial charge >= 0.3 is 5.97 Å². The van der Waals surface area contributed by atoms with Crippen molar-refractivity contribution < 1.29 is 23.5 Å². The Morgan fingerprint density at radius 2 is 1.79 bits per heavy atom. The van der Waals surface area contributed by atoms with E-state index in [9.17, 15) is 14.0 Å². The third-order valence-corrected chi connectivity index (χ3v) is 4.85. The minimum absolute atomic E-state index is 0.322. The molecular formula is C21H18FNO4S. The van der Waals surface area contributed by atoms with Crippen molar-refractivity contribution in [2.75, 3.05) is 18.5 Å². The van der Waals surface area contributed by atoms with E-state index < -0.39 is 18.5 Å². The fourth-order valence-corrected chi connectivity index (χ4v) is 3.36. The molecule has 0 saturated carbocycles. The van der Waals surface area contributed by atoms with Crippen molar-refractivity contribution in [1.82, 2.24) is 0 Å². The maximum atomic E-state index is 13.0. The van der Waals surface area contributed by atoms with Crippen LogP contribution in [0.2, 0.25) is 0 Å². The van der Waals surface area contributed by atoms with Crippen LogP contribution in [0.15, 0.2) is 60.7 Å². The number of ether oxygens (including phenoxy) is 2. The molecule has 0 aliphatic rings. The average Bonchev–Trinajstić information content (AvgIpc) is 3.19. The first kappa shape index (κ1) is 19.6. The first-order valence-electron chi connectivity index (χ1n) is 8.61. The predicted octanol–water partition coefficient (Wildman–Crippen LogP) is 4.75. The summed E-state index contributed by atoms with van der Waals surface area (Å²) in [6.45, 7) is 1.90. The second-order valence-corrected chi connectivity index (χ2v) is 6.81. The van der Waals surface area contributed by atoms with E-state index in [-0.39, 0.29) is 5.82 Å². The van der Waals surface area contributed by atoms with Gasteiger partial charge in [-0.25, -0.2) is 9.18 Å². The van der Waals surface area contributed by atoms with Crippen molar-refractivity contribution in [2.24, 2.45) is 0 Å². The zero-order chi connectivity index (χ0) is 19.9. The summed E-state index contributed by atoms with van der Waals surface area (Å²) in [6.07, 6.45) is 0. The highest BCUT2D eigenvalue weighted by atomic mass is 32.1. The van der Waals surface area contributed by atoms with E-state index >= 15 is 0 Å². The predicted molar refractivity (Wildman–Crippen MR) is 106 cm³/mol. The van der Waals surface area contributed by atoms with Crippen LogP contribution in [0.1, 0.15) is 16.6 Å². The molecule has 1 heterocycles. The molecule has 0 saturated heterocycles. The Balaban J connectivity index is 1.57. The van der Waals surface area contributed by atoms with Crippen molar-refractivity contribution in [1.29, 1.82) is 0 Å². The van der Waals surface area contributed by atoms with Gasteiger partial charge in [0.05, 0.1) is 12.3 Å². The lowest BCUT2D eigenvalue weighted by molar-refractivity contribution is -0.119. The number of carbonyl (C=O) groups excluding carboxylic acids is 2. The fourth-order valence-electron chi connectivity index (χ4n) is 2.46. The van der Waals surface area contributed by atoms with Crippen LogP contribution in [0.5, 0.6) is 5.75 Å². The molecule has 0 radical (unpaired) electrons. The van der Waals surface area contributed by atoms with E-state index in [1.54, 1.807) is 48.5 Å². The maximum Gasteiger partial charge on any atom is 0.348 e. The van der Waals surface area contributed by atoms with Crippen LogP contribution < -0.4 is 10.1 Å². The molecule has 5 nitrogen and oxygen atoms in total. The Bertz CT molecular complexity index is 969. The van der Waals surface area contributed by atoms with Crippen LogP contribution in [-0.2, 0) is 9.53 Å². The summed E-state index contributed by atoms with van der Waals surface area (Å²) in [5.41, 5.74) is 1.32. The standard InChI is InChI=1S/C21H18FNO4S/c1-2-26-17-6-4-3-5-16(17)23-20(24)13-27-21(25)19-12-11-18(28-19)14-7-9-15(22)10-8-14/h3-12H,2,13H2,1H3,(H,23,24). The molecule has 3 aromatic rings. The van der Waals surface area contributed by atoms with Gasteiger partial charge in [-0.05, 0) is 48.9 Å². The number of halogens is 1. The summed E-state index contributed by atoms with van der Waals surface area (Å²) in [7, 11) is 0. The number of anilines is 1. The number of rotatable bonds is 7. The van der Waals surface area contributed by atoms with E-state index in [1.807, 2.05) is 6.92 Å². The van der Waals surface area contributed by atoms with Gasteiger partial charge < -0.3 is 14.8 Å². The summed E-state index contributed by atoms with van der Waals surface area (Å²) >= 11 is 1.22. The lowest BCUT2D eigenvalue weighted by Gasteiger charge is -2.11. The Kier molecular flexibility index (Phi) is 6.39. The highest BCUT2D eigenvalue weighted by Crippen LogP contribution is 2.28. The number of hydrogen-bond donors (Lipinski definition) is 1. The van der Waals surface area contributed by atoms with Crippen LogP contribution in [-0.4, -0.2) is 25.1 Å². The number of nitrogens with one attached hydrogen (secondary N) is 1. The molecule has 0 atom stereocenters. The molecule has 144 valence electrons. The first-order chi connectivity index (χ1) is 13.6. The summed E-state index contributed by atoms with van der Waals surface area (Å²) in [5, 5.41) is 2.67. The van der Waals surface area contributed by atoms with Crippen LogP contribution >= 0.6 is 11.3 Å². The normalized spacial score (nSPS) is 10.4. The van der Waals surface area contributed by atoms with Gasteiger partial charge in [0, 0.05) is 4.88 Å². The van der Waals surface area contributed by atoms with E-state index in [0.717, 1.165) is 10.4 Å². The molecule has 1 amide bonds. The number of amides is 1. The quantitative estimate of drug-likeness (QED) is 0.583. The molecule has 0 bridgehead atoms. The maximum absolute atomic E-state index is 13.0. The van der Waals surface area contributed by atoms with Gasteiger partial charge in [-0.15, -0.1) is 11.3 Å². The lowest BCUT2D eigenvalue weighted by Crippen LogP contribution is -2.21. The van der Waals surface area contributed by atoms with Crippen molar-refractivity contribution in [3.8, 4) is 16.2 Å². The van der Waals surface area contributed by atoms with Gasteiger partial charge in [0.2, 0.25) is 0 Å². The molecule has 2 aromatic carbocycles. The van der Waals surface area contributed by atoms with Gasteiger partial charge in [0.1, 0.15) is 16.4 Å². The Morgan fingerprint density at radius 3 is 2.54 bits per heavy atom. The summed E-state index contributed by atoms with van der Waals surface area (Å²) in [4.78, 5) is 25.5. The molecule has 1 aromatic heterocycles. The Hall–Kier alpha value is -3.19. The highest BCUT2D eigenvalue weighted by Gasteiger charge is 2.14. The van der Waals surface area contributed by atoms with E-state index in [4.69, 9.17) is 9.47 Å². The van der Waals surface area contributed by atoms with Gasteiger partial charge in [-0.2, -0.15) is 0 Å². The molecule has 0 spiro atoms. The van der Waals surface area contributed by atoms with E-state index in [2.05, 4.69) is 5.32 Å². The van der Waals surface area contributed by atoms with Crippen molar-refractivity contribution in [3.63, 3.8) is 0 Å². The minimum Gasteiger partial charge on any atom is -0.492 e. The summed E-state index contributed by atoms with van der Waals surface area (Å²) in [5.74, 6) is -0.828. The number of hydrogen-bond acceptors (Lipinski definition) is 5. The summed E-state index contributed by atoms with van der Waals surface area (Å²) < 4.78 is 23.5. The van der Waals surface area contributed by atoms with Crippen molar-refractivity contribution >= 4 is 28.9 Å². The second-order valence-electron chi connectivity index (χ2n) is 5.72. The molecule has 0 aliphatic carbocycles. The van der Waals surface area contributed by atoms with Crippen molar-refractivity contribution in [3.05, 3.63) is 71.4 Å². The molecule has 0 unspecified atom stereocenters. The third kappa shape index (κ3) is 4.95. The smallest absolute Gasteiger partial charge is 0.348 e. The zero-order valence-corrected chi connectivity index (χ0v) is 15.9. The first-order valence-corrected chi connectivity index (χ1v) is 9.43. The van der Waals surface area contributed by atoms with Crippen LogP contribution in [0, 0.1) is 5.82 Å². The molecule has 1 N–H and O–H groups in total. The number of benzene rings is 2. The van der Waals surface area contributed by atoms with Crippen LogP contribution in [0.3, 0.4) is 0 Å². The second kappa shape index (κ2) is 9.14. The SMILES string of the molecule is CCOc1ccccc1NC(=O)COC(=O)c1ccc(-c2ccc(F)cc2)s1. The van der Waals surface area contributed by atoms with Crippen LogP contribution in [0.4, 0.5) is 10.1 Å². The Labute approximate surface area is 165 Å². The summed E-state index contributed by atoms with van der Waals surface area (Å²) in [6, 6.07) is 16.4. The number of thiophene rings is 1. The average molecular weight is 399 g/mol. The van der Waals surface area contributed by atoms with E-state index in [0.29, 0.717) is 22.9 Å². The van der Waals surface area contributed by atoms with Gasteiger partial charge in [0.15, 0.2) is 6.61 Å². The largest absolute Gasteiger partial charge is 0.492 e. The molecule has 7 heteroatoms. The number of esters is 1. The Morgan fingerprint density at radius 1 is 1.04 bits per heavy atom. The minimum atomic E-state index is -0.591. The van der Waals surface area contributed by atoms with E-state index in [1.165, 1.54) is 23.5 Å². The van der Waals surface area contributed by atoms with Crippen molar-refractivity contribution in [2.45, 2.75) is 6.92 Å². The molecule has 3 rings (SSSR count). The lowest BCUT2D eigenvalue weighted by atomic mass is 10.2. The number of carbonyl (C=O) groups is 2. The monoisotopic (exact) mass is 399 g/mol. The van der Waals surface area contributed by atoms with Gasteiger partial charge in [-0.3, -0.25) is 4.79 Å². The molecular weight excluding hydrogens is 381 g/mol. The van der Waals surface area contributed by atoms with Gasteiger partial charge in [0.25, 0.3) is 5.91 Å². The number of para-hydroxylation sites is 2. The molecule has 28 heavy (non-hydrogen) atoms. The third-order valence-electron chi connectivity index (χ3n) is 3.73. The highest BCUT2D eigenvalue weighted by molar-refractivity contribution is 7.17.